The van der Waals surface area contributed by atoms with Crippen molar-refractivity contribution in [2.75, 3.05) is 13.8 Å². The average molecular weight is 359 g/mol. The van der Waals surface area contributed by atoms with Gasteiger partial charge in [-0.25, -0.2) is 0 Å². The molecule has 0 radical (unpaired) electrons. The first-order chi connectivity index (χ1) is 12.8. The van der Waals surface area contributed by atoms with Crippen molar-refractivity contribution in [3.8, 4) is 0 Å². The molecule has 2 aliphatic rings. The van der Waals surface area contributed by atoms with Crippen LogP contribution in [0.1, 0.15) is 74.8 Å². The van der Waals surface area contributed by atoms with Crippen molar-refractivity contribution in [2.45, 2.75) is 70.3 Å². The first-order valence-corrected chi connectivity index (χ1v) is 10.6. The van der Waals surface area contributed by atoms with Gasteiger partial charge in [0, 0.05) is 7.11 Å². The maximum Gasteiger partial charge on any atom is 0.0928 e. The molecule has 0 bridgehead atoms. The molecular formula is C24H35FO. The van der Waals surface area contributed by atoms with Gasteiger partial charge < -0.3 is 4.74 Å². The quantitative estimate of drug-likeness (QED) is 0.485. The minimum Gasteiger partial charge on any atom is -0.380 e. The highest BCUT2D eigenvalue weighted by Gasteiger charge is 2.30. The standard InChI is InChI=1S/C24H35FO/c1-26-18-20-7-11-22(12-8-20)24-15-13-23(14-16-24)21-9-5-19(6-10-21)4-2-3-17-25/h2,4,7-8,11-12,19,21,23-24H,3,5-6,9-10,13-18H2,1H3. The van der Waals surface area contributed by atoms with Crippen molar-refractivity contribution in [2.24, 2.45) is 17.8 Å². The average Bonchev–Trinajstić information content (AvgIpc) is 2.70. The zero-order valence-electron chi connectivity index (χ0n) is 16.3. The molecule has 0 atom stereocenters. The monoisotopic (exact) mass is 358 g/mol. The van der Waals surface area contributed by atoms with Crippen LogP contribution in [0.15, 0.2) is 36.4 Å². The van der Waals surface area contributed by atoms with Gasteiger partial charge in [0.15, 0.2) is 0 Å². The summed E-state index contributed by atoms with van der Waals surface area (Å²) in [4.78, 5) is 0. The van der Waals surface area contributed by atoms with Gasteiger partial charge in [-0.1, -0.05) is 36.4 Å². The molecule has 2 saturated carbocycles. The van der Waals surface area contributed by atoms with Crippen LogP contribution in [0.3, 0.4) is 0 Å². The minimum absolute atomic E-state index is 0.218. The molecule has 0 spiro atoms. The van der Waals surface area contributed by atoms with E-state index >= 15 is 0 Å². The summed E-state index contributed by atoms with van der Waals surface area (Å²) < 4.78 is 17.4. The molecule has 2 heteroatoms. The highest BCUT2D eigenvalue weighted by molar-refractivity contribution is 5.25. The Labute approximate surface area is 159 Å². The largest absolute Gasteiger partial charge is 0.380 e. The van der Waals surface area contributed by atoms with Crippen LogP contribution in [0, 0.1) is 17.8 Å². The molecule has 0 amide bonds. The first kappa shape index (κ1) is 19.6. The van der Waals surface area contributed by atoms with Gasteiger partial charge in [0.05, 0.1) is 13.3 Å². The summed E-state index contributed by atoms with van der Waals surface area (Å²) in [6, 6.07) is 9.08. The summed E-state index contributed by atoms with van der Waals surface area (Å²) in [6.45, 7) is 0.489. The molecule has 0 N–H and O–H groups in total. The number of alkyl halides is 1. The molecule has 1 nitrogen and oxygen atoms in total. The van der Waals surface area contributed by atoms with Crippen LogP contribution in [0.2, 0.25) is 0 Å². The Morgan fingerprint density at radius 3 is 2.12 bits per heavy atom. The topological polar surface area (TPSA) is 9.23 Å². The van der Waals surface area contributed by atoms with E-state index in [4.69, 9.17) is 4.74 Å². The molecule has 1 aromatic carbocycles. The third kappa shape index (κ3) is 5.42. The van der Waals surface area contributed by atoms with Gasteiger partial charge in [-0.05, 0) is 92.6 Å². The molecule has 0 aromatic heterocycles. The van der Waals surface area contributed by atoms with E-state index in [0.717, 1.165) is 17.8 Å². The van der Waals surface area contributed by atoms with E-state index in [2.05, 4.69) is 30.3 Å². The van der Waals surface area contributed by atoms with Gasteiger partial charge in [-0.3, -0.25) is 4.39 Å². The Bertz CT molecular complexity index is 534. The molecule has 3 rings (SSSR count). The van der Waals surface area contributed by atoms with Gasteiger partial charge in [-0.15, -0.1) is 0 Å². The molecule has 2 fully saturated rings. The third-order valence-corrected chi connectivity index (χ3v) is 6.70. The fourth-order valence-corrected chi connectivity index (χ4v) is 5.14. The van der Waals surface area contributed by atoms with E-state index in [0.29, 0.717) is 18.9 Å². The Morgan fingerprint density at radius 1 is 0.923 bits per heavy atom. The van der Waals surface area contributed by atoms with Crippen LogP contribution in [-0.2, 0) is 11.3 Å². The van der Waals surface area contributed by atoms with E-state index in [9.17, 15) is 4.39 Å². The second-order valence-electron chi connectivity index (χ2n) is 8.37. The van der Waals surface area contributed by atoms with Crippen molar-refractivity contribution in [1.29, 1.82) is 0 Å². The lowest BCUT2D eigenvalue weighted by atomic mass is 9.68. The zero-order valence-corrected chi connectivity index (χ0v) is 16.3. The summed E-state index contributed by atoms with van der Waals surface area (Å²) in [6.07, 6.45) is 15.8. The number of allylic oxidation sites excluding steroid dienone is 2. The summed E-state index contributed by atoms with van der Waals surface area (Å²) in [5, 5.41) is 0. The summed E-state index contributed by atoms with van der Waals surface area (Å²) in [7, 11) is 1.75. The molecule has 144 valence electrons. The lowest BCUT2D eigenvalue weighted by molar-refractivity contribution is 0.171. The molecule has 0 unspecified atom stereocenters. The predicted octanol–water partition coefficient (Wildman–Crippen LogP) is 6.83. The van der Waals surface area contributed by atoms with E-state index < -0.39 is 0 Å². The molecule has 0 aliphatic heterocycles. The Balaban J connectivity index is 1.42. The number of ether oxygens (including phenoxy) is 1. The normalized spacial score (nSPS) is 29.9. The van der Waals surface area contributed by atoms with E-state index in [-0.39, 0.29) is 6.67 Å². The number of rotatable bonds is 7. The predicted molar refractivity (Wildman–Crippen MR) is 107 cm³/mol. The molecule has 2 aliphatic carbocycles. The van der Waals surface area contributed by atoms with E-state index in [1.165, 1.54) is 62.5 Å². The molecule has 0 saturated heterocycles. The van der Waals surface area contributed by atoms with Crippen molar-refractivity contribution in [3.05, 3.63) is 47.5 Å². The number of methoxy groups -OCH3 is 1. The van der Waals surface area contributed by atoms with Crippen LogP contribution in [0.25, 0.3) is 0 Å². The highest BCUT2D eigenvalue weighted by atomic mass is 19.1. The lowest BCUT2D eigenvalue weighted by Gasteiger charge is -2.37. The van der Waals surface area contributed by atoms with E-state index in [1.54, 1.807) is 7.11 Å². The van der Waals surface area contributed by atoms with Crippen molar-refractivity contribution in [3.63, 3.8) is 0 Å². The number of benzene rings is 1. The smallest absolute Gasteiger partial charge is 0.0928 e. The maximum absolute atomic E-state index is 12.2. The van der Waals surface area contributed by atoms with Crippen LogP contribution < -0.4 is 0 Å². The fourth-order valence-electron chi connectivity index (χ4n) is 5.14. The van der Waals surface area contributed by atoms with Gasteiger partial charge in [0.2, 0.25) is 0 Å². The summed E-state index contributed by atoms with van der Waals surface area (Å²) in [5.41, 5.74) is 2.78. The zero-order chi connectivity index (χ0) is 18.2. The summed E-state index contributed by atoms with van der Waals surface area (Å²) in [5.74, 6) is 3.34. The SMILES string of the molecule is COCc1ccc(C2CCC(C3CCC(C=CCCF)CC3)CC2)cc1. The van der Waals surface area contributed by atoms with Gasteiger partial charge in [0.25, 0.3) is 0 Å². The highest BCUT2D eigenvalue weighted by Crippen LogP contribution is 2.44. The van der Waals surface area contributed by atoms with Crippen LogP contribution in [0.4, 0.5) is 4.39 Å². The third-order valence-electron chi connectivity index (χ3n) is 6.70. The second kappa shape index (κ2) is 10.3. The van der Waals surface area contributed by atoms with Crippen LogP contribution >= 0.6 is 0 Å². The Kier molecular flexibility index (Phi) is 7.73. The number of hydrogen-bond acceptors (Lipinski definition) is 1. The second-order valence-corrected chi connectivity index (χ2v) is 8.37. The van der Waals surface area contributed by atoms with Crippen molar-refractivity contribution < 1.29 is 9.13 Å². The number of halogens is 1. The Morgan fingerprint density at radius 2 is 1.54 bits per heavy atom. The van der Waals surface area contributed by atoms with Crippen LogP contribution in [0.5, 0.6) is 0 Å². The minimum atomic E-state index is -0.218. The van der Waals surface area contributed by atoms with Crippen LogP contribution in [-0.4, -0.2) is 13.8 Å². The summed E-state index contributed by atoms with van der Waals surface area (Å²) >= 11 is 0. The van der Waals surface area contributed by atoms with Crippen molar-refractivity contribution in [1.82, 2.24) is 0 Å². The van der Waals surface area contributed by atoms with Crippen molar-refractivity contribution >= 4 is 0 Å². The Hall–Kier alpha value is -1.15. The molecular weight excluding hydrogens is 323 g/mol. The van der Waals surface area contributed by atoms with Gasteiger partial charge >= 0.3 is 0 Å². The molecule has 26 heavy (non-hydrogen) atoms. The maximum atomic E-state index is 12.2. The fraction of sp³-hybridized carbons (Fsp3) is 0.667. The van der Waals surface area contributed by atoms with Gasteiger partial charge in [0.1, 0.15) is 0 Å². The van der Waals surface area contributed by atoms with E-state index in [1.807, 2.05) is 6.08 Å². The molecule has 1 aromatic rings. The lowest BCUT2D eigenvalue weighted by Crippen LogP contribution is -2.25. The first-order valence-electron chi connectivity index (χ1n) is 10.6. The van der Waals surface area contributed by atoms with Gasteiger partial charge in [-0.2, -0.15) is 0 Å². The molecule has 0 heterocycles. The number of hydrogen-bond donors (Lipinski definition) is 0.